The number of rotatable bonds is 11. The Kier molecular flexibility index (Phi) is 10.7. The summed E-state index contributed by atoms with van der Waals surface area (Å²) in [5.74, 6) is -1.52. The fourth-order valence-electron chi connectivity index (χ4n) is 4.86. The molecule has 1 aromatic carbocycles. The number of aliphatic hydroxyl groups is 1. The second kappa shape index (κ2) is 13.5. The van der Waals surface area contributed by atoms with Crippen LogP contribution in [0.5, 0.6) is 0 Å². The van der Waals surface area contributed by atoms with Gasteiger partial charge in [0.2, 0.25) is 17.3 Å². The maximum absolute atomic E-state index is 13.3. The highest BCUT2D eigenvalue weighted by atomic mass is 79.9. The normalized spacial score (nSPS) is 20.9. The van der Waals surface area contributed by atoms with Crippen LogP contribution in [0.2, 0.25) is 0 Å². The molecule has 206 valence electrons. The molecule has 1 heterocycles. The van der Waals surface area contributed by atoms with Crippen LogP contribution < -0.4 is 16.0 Å². The predicted molar refractivity (Wildman–Crippen MR) is 138 cm³/mol. The molecule has 0 radical (unpaired) electrons. The summed E-state index contributed by atoms with van der Waals surface area (Å²) in [6.07, 6.45) is 4.57. The fourth-order valence-corrected chi connectivity index (χ4v) is 5.90. The summed E-state index contributed by atoms with van der Waals surface area (Å²) < 4.78 is 38.9. The summed E-state index contributed by atoms with van der Waals surface area (Å²) in [6, 6.07) is 4.69. The number of hydrogen-bond donors (Lipinski definition) is 5. The number of ether oxygens (including phenoxy) is 1. The lowest BCUT2D eigenvalue weighted by Gasteiger charge is -2.29. The molecule has 37 heavy (non-hydrogen) atoms. The summed E-state index contributed by atoms with van der Waals surface area (Å²) in [5.41, 5.74) is -1.59. The standard InChI is InChI=1S/C24H34BrN3O8S/c25-18-8-4-7-16(11-18)14-36-24(32)28-19(12-15-5-2-1-3-6-15)22(30)27-20(23(31)37(33,34)35)13-17-9-10-26-21(17)29/h4,7-8,11,15,17,19-20,23,31H,1-3,5-6,9-10,12-14H2,(H,26,29)(H,27,30)(H,28,32)(H,33,34,35)/t17-,19-,20-,23?/m0/s1. The van der Waals surface area contributed by atoms with Gasteiger partial charge in [-0.1, -0.05) is 60.2 Å². The fraction of sp³-hybridized carbons (Fsp3) is 0.625. The van der Waals surface area contributed by atoms with Crippen LogP contribution in [0, 0.1) is 11.8 Å². The number of nitrogens with one attached hydrogen (secondary N) is 3. The summed E-state index contributed by atoms with van der Waals surface area (Å²) in [7, 11) is -4.93. The van der Waals surface area contributed by atoms with E-state index in [1.165, 1.54) is 0 Å². The molecule has 3 rings (SSSR count). The Morgan fingerprint density at radius 3 is 2.49 bits per heavy atom. The molecule has 1 saturated heterocycles. The minimum atomic E-state index is -4.93. The smallest absolute Gasteiger partial charge is 0.408 e. The molecule has 2 fully saturated rings. The third-order valence-electron chi connectivity index (χ3n) is 6.84. The molecule has 2 aliphatic rings. The summed E-state index contributed by atoms with van der Waals surface area (Å²) in [4.78, 5) is 37.9. The Morgan fingerprint density at radius 1 is 1.14 bits per heavy atom. The van der Waals surface area contributed by atoms with E-state index in [1.54, 1.807) is 18.2 Å². The average molecular weight is 605 g/mol. The number of alkyl carbamates (subject to hydrolysis) is 1. The lowest BCUT2D eigenvalue weighted by Crippen LogP contribution is -2.55. The number of carbonyl (C=O) groups is 3. The number of halogens is 1. The van der Waals surface area contributed by atoms with Gasteiger partial charge in [0, 0.05) is 16.9 Å². The van der Waals surface area contributed by atoms with Gasteiger partial charge in [-0.3, -0.25) is 14.1 Å². The van der Waals surface area contributed by atoms with Crippen molar-refractivity contribution in [3.63, 3.8) is 0 Å². The minimum Gasteiger partial charge on any atom is -0.445 e. The van der Waals surface area contributed by atoms with E-state index in [-0.39, 0.29) is 24.9 Å². The van der Waals surface area contributed by atoms with Crippen LogP contribution in [0.1, 0.15) is 56.9 Å². The number of amides is 3. The SMILES string of the molecule is O=C(N[C@@H](CC1CCCCC1)C(=O)N[C@@H](C[C@@H]1CCNC1=O)C(O)S(=O)(=O)O)OCc1cccc(Br)c1. The molecule has 1 unspecified atom stereocenters. The van der Waals surface area contributed by atoms with E-state index in [0.717, 1.165) is 42.1 Å². The van der Waals surface area contributed by atoms with Crippen LogP contribution in [0.25, 0.3) is 0 Å². The zero-order valence-corrected chi connectivity index (χ0v) is 22.8. The van der Waals surface area contributed by atoms with Gasteiger partial charge in [0.1, 0.15) is 12.6 Å². The average Bonchev–Trinajstić information content (AvgIpc) is 3.25. The summed E-state index contributed by atoms with van der Waals surface area (Å²) in [5, 5.41) is 17.9. The van der Waals surface area contributed by atoms with Crippen LogP contribution in [0.3, 0.4) is 0 Å². The molecule has 0 bridgehead atoms. The van der Waals surface area contributed by atoms with Crippen LogP contribution in [-0.2, 0) is 31.1 Å². The Bertz CT molecular complexity index is 1060. The number of aliphatic hydroxyl groups excluding tert-OH is 1. The van der Waals surface area contributed by atoms with Gasteiger partial charge in [0.25, 0.3) is 10.1 Å². The van der Waals surface area contributed by atoms with Crippen LogP contribution in [0.15, 0.2) is 28.7 Å². The molecular formula is C24H34BrN3O8S. The van der Waals surface area contributed by atoms with Crippen LogP contribution in [0.4, 0.5) is 4.79 Å². The first-order chi connectivity index (χ1) is 17.5. The first-order valence-corrected chi connectivity index (χ1v) is 14.7. The highest BCUT2D eigenvalue weighted by Crippen LogP contribution is 2.28. The number of benzene rings is 1. The zero-order chi connectivity index (χ0) is 27.0. The van der Waals surface area contributed by atoms with Crippen molar-refractivity contribution in [2.75, 3.05) is 6.54 Å². The monoisotopic (exact) mass is 603 g/mol. The molecule has 1 aliphatic heterocycles. The van der Waals surface area contributed by atoms with Crippen molar-refractivity contribution in [3.8, 4) is 0 Å². The van der Waals surface area contributed by atoms with E-state index < -0.39 is 45.6 Å². The van der Waals surface area contributed by atoms with Gasteiger partial charge in [0.05, 0.1) is 6.04 Å². The molecule has 0 aromatic heterocycles. The Morgan fingerprint density at radius 2 is 1.86 bits per heavy atom. The molecular weight excluding hydrogens is 570 g/mol. The quantitative estimate of drug-likeness (QED) is 0.240. The van der Waals surface area contributed by atoms with E-state index >= 15 is 0 Å². The number of hydrogen-bond acceptors (Lipinski definition) is 7. The Balaban J connectivity index is 1.71. The first-order valence-electron chi connectivity index (χ1n) is 12.4. The molecule has 13 heteroatoms. The molecule has 3 amide bonds. The first kappa shape index (κ1) is 29.3. The van der Waals surface area contributed by atoms with Gasteiger partial charge in [-0.15, -0.1) is 0 Å². The van der Waals surface area contributed by atoms with E-state index in [1.807, 2.05) is 6.07 Å². The van der Waals surface area contributed by atoms with Gasteiger partial charge < -0.3 is 25.8 Å². The van der Waals surface area contributed by atoms with E-state index in [0.29, 0.717) is 19.4 Å². The third-order valence-corrected chi connectivity index (χ3v) is 8.27. The van der Waals surface area contributed by atoms with Crippen molar-refractivity contribution in [1.29, 1.82) is 0 Å². The predicted octanol–water partition coefficient (Wildman–Crippen LogP) is 2.23. The van der Waals surface area contributed by atoms with Gasteiger partial charge in [0.15, 0.2) is 0 Å². The summed E-state index contributed by atoms with van der Waals surface area (Å²) >= 11 is 3.35. The van der Waals surface area contributed by atoms with Gasteiger partial charge in [-0.25, -0.2) is 4.79 Å². The number of carbonyl (C=O) groups excluding carboxylic acids is 3. The molecule has 1 aromatic rings. The van der Waals surface area contributed by atoms with Gasteiger partial charge in [-0.05, 0) is 42.9 Å². The topological polar surface area (TPSA) is 171 Å². The molecule has 11 nitrogen and oxygen atoms in total. The highest BCUT2D eigenvalue weighted by molar-refractivity contribution is 9.10. The molecule has 4 atom stereocenters. The second-order valence-electron chi connectivity index (χ2n) is 9.68. The maximum atomic E-state index is 13.3. The van der Waals surface area contributed by atoms with Gasteiger partial charge >= 0.3 is 6.09 Å². The largest absolute Gasteiger partial charge is 0.445 e. The van der Waals surface area contributed by atoms with E-state index in [2.05, 4.69) is 31.9 Å². The molecule has 1 saturated carbocycles. The van der Waals surface area contributed by atoms with E-state index in [4.69, 9.17) is 4.74 Å². The lowest BCUT2D eigenvalue weighted by molar-refractivity contribution is -0.126. The minimum absolute atomic E-state index is 0.0239. The van der Waals surface area contributed by atoms with Crippen LogP contribution >= 0.6 is 15.9 Å². The zero-order valence-electron chi connectivity index (χ0n) is 20.4. The van der Waals surface area contributed by atoms with Crippen LogP contribution in [-0.4, -0.2) is 60.0 Å². The molecule has 1 aliphatic carbocycles. The van der Waals surface area contributed by atoms with Gasteiger partial charge in [-0.2, -0.15) is 8.42 Å². The Labute approximate surface area is 225 Å². The van der Waals surface area contributed by atoms with Crippen molar-refractivity contribution in [3.05, 3.63) is 34.3 Å². The van der Waals surface area contributed by atoms with Crippen molar-refractivity contribution in [1.82, 2.24) is 16.0 Å². The summed E-state index contributed by atoms with van der Waals surface area (Å²) in [6.45, 7) is 0.367. The molecule has 0 spiro atoms. The van der Waals surface area contributed by atoms with E-state index in [9.17, 15) is 32.5 Å². The molecule has 5 N–H and O–H groups in total. The second-order valence-corrected chi connectivity index (χ2v) is 12.1. The highest BCUT2D eigenvalue weighted by Gasteiger charge is 2.38. The van der Waals surface area contributed by atoms with Crippen molar-refractivity contribution in [2.45, 2.75) is 75.5 Å². The lowest BCUT2D eigenvalue weighted by atomic mass is 9.84. The maximum Gasteiger partial charge on any atom is 0.408 e. The van der Waals surface area contributed by atoms with Crippen molar-refractivity contribution in [2.24, 2.45) is 11.8 Å². The third kappa shape index (κ3) is 9.24. The Hall–Kier alpha value is -2.22. The van der Waals surface area contributed by atoms with Crippen molar-refractivity contribution < 1.29 is 37.2 Å². The van der Waals surface area contributed by atoms with Crippen molar-refractivity contribution >= 4 is 44.0 Å².